The maximum Gasteiger partial charge on any atom is 0.221 e. The van der Waals surface area contributed by atoms with Crippen LogP contribution in [0.15, 0.2) is 48.5 Å². The summed E-state index contributed by atoms with van der Waals surface area (Å²) in [6.45, 7) is 4.96. The second-order valence-electron chi connectivity index (χ2n) is 8.30. The van der Waals surface area contributed by atoms with Gasteiger partial charge in [0.2, 0.25) is 5.91 Å². The van der Waals surface area contributed by atoms with Crippen molar-refractivity contribution in [2.45, 2.75) is 45.7 Å². The molecule has 0 aliphatic heterocycles. The van der Waals surface area contributed by atoms with E-state index in [4.69, 9.17) is 5.73 Å². The average Bonchev–Trinajstić information content (AvgIpc) is 2.71. The Morgan fingerprint density at radius 1 is 0.966 bits per heavy atom. The minimum atomic E-state index is -0.200. The summed E-state index contributed by atoms with van der Waals surface area (Å²) in [5, 5.41) is 2.81. The molecule has 1 amide bonds. The van der Waals surface area contributed by atoms with Gasteiger partial charge in [0.1, 0.15) is 5.82 Å². The third-order valence-electron chi connectivity index (χ3n) is 5.82. The van der Waals surface area contributed by atoms with Crippen molar-refractivity contribution in [1.29, 1.82) is 0 Å². The number of nitrogens with two attached hydrogens (primary N) is 1. The van der Waals surface area contributed by atoms with E-state index in [1.54, 1.807) is 0 Å². The Morgan fingerprint density at radius 2 is 1.48 bits per heavy atom. The highest BCUT2D eigenvalue weighted by Crippen LogP contribution is 2.29. The number of carbonyl (C=O) groups excluding carboxylic acids is 1. The molecule has 0 radical (unpaired) electrons. The maximum atomic E-state index is 13.3. The molecule has 29 heavy (non-hydrogen) atoms. The molecule has 5 heteroatoms. The topological polar surface area (TPSA) is 58.4 Å². The van der Waals surface area contributed by atoms with Crippen LogP contribution in [0.5, 0.6) is 0 Å². The minimum Gasteiger partial charge on any atom is -0.330 e. The van der Waals surface area contributed by atoms with Gasteiger partial charge in [-0.3, -0.25) is 9.69 Å². The van der Waals surface area contributed by atoms with E-state index in [2.05, 4.69) is 22.3 Å². The number of rotatable bonds is 8. The van der Waals surface area contributed by atoms with Crippen LogP contribution < -0.4 is 11.1 Å². The Balaban J connectivity index is 1.66. The Hall–Kier alpha value is -2.24. The quantitative estimate of drug-likeness (QED) is 0.687. The van der Waals surface area contributed by atoms with Crippen LogP contribution in [0.1, 0.15) is 43.7 Å². The van der Waals surface area contributed by atoms with E-state index in [1.165, 1.54) is 50.3 Å². The first-order valence-electron chi connectivity index (χ1n) is 10.5. The Morgan fingerprint density at radius 3 is 2.00 bits per heavy atom. The molecule has 3 N–H and O–H groups in total. The maximum absolute atomic E-state index is 13.3. The molecule has 0 spiro atoms. The molecule has 1 aliphatic rings. The summed E-state index contributed by atoms with van der Waals surface area (Å²) in [6, 6.07) is 14.8. The standard InChI is InChI=1S/C24H32FN3O/c1-18(29)27-24-12-8-22(9-13-24)17-28(16-21-6-10-23(25)11-7-21)15-20-4-2-19(14-26)3-5-20/h6-13,19-20H,2-5,14-17,26H2,1H3,(H,27,29). The van der Waals surface area contributed by atoms with E-state index in [0.29, 0.717) is 11.8 Å². The van der Waals surface area contributed by atoms with Gasteiger partial charge < -0.3 is 11.1 Å². The number of nitrogens with zero attached hydrogens (tertiary/aromatic N) is 1. The van der Waals surface area contributed by atoms with Crippen molar-refractivity contribution in [2.24, 2.45) is 17.6 Å². The van der Waals surface area contributed by atoms with Gasteiger partial charge in [-0.1, -0.05) is 24.3 Å². The molecule has 2 aromatic carbocycles. The zero-order valence-corrected chi connectivity index (χ0v) is 17.2. The molecular formula is C24H32FN3O. The van der Waals surface area contributed by atoms with Crippen LogP contribution in [0.3, 0.4) is 0 Å². The van der Waals surface area contributed by atoms with Crippen molar-refractivity contribution in [2.75, 3.05) is 18.4 Å². The molecular weight excluding hydrogens is 365 g/mol. The van der Waals surface area contributed by atoms with Crippen LogP contribution in [0.4, 0.5) is 10.1 Å². The van der Waals surface area contributed by atoms with E-state index in [-0.39, 0.29) is 11.7 Å². The van der Waals surface area contributed by atoms with Gasteiger partial charge in [-0.15, -0.1) is 0 Å². The van der Waals surface area contributed by atoms with Gasteiger partial charge in [-0.2, -0.15) is 0 Å². The van der Waals surface area contributed by atoms with Gasteiger partial charge in [0.25, 0.3) is 0 Å². The summed E-state index contributed by atoms with van der Waals surface area (Å²) in [6.07, 6.45) is 4.89. The Kier molecular flexibility index (Phi) is 7.78. The largest absolute Gasteiger partial charge is 0.330 e. The molecule has 1 fully saturated rings. The van der Waals surface area contributed by atoms with Gasteiger partial charge in [-0.05, 0) is 79.5 Å². The van der Waals surface area contributed by atoms with Crippen LogP contribution in [0.25, 0.3) is 0 Å². The van der Waals surface area contributed by atoms with Crippen LogP contribution >= 0.6 is 0 Å². The summed E-state index contributed by atoms with van der Waals surface area (Å²) in [5.41, 5.74) is 8.98. The van der Waals surface area contributed by atoms with Crippen molar-refractivity contribution < 1.29 is 9.18 Å². The number of hydrogen-bond donors (Lipinski definition) is 2. The molecule has 0 bridgehead atoms. The summed E-state index contributed by atoms with van der Waals surface area (Å²) in [4.78, 5) is 13.7. The van der Waals surface area contributed by atoms with Crippen LogP contribution in [-0.2, 0) is 17.9 Å². The number of halogens is 1. The predicted octanol–water partition coefficient (Wildman–Crippen LogP) is 4.55. The molecule has 0 atom stereocenters. The summed E-state index contributed by atoms with van der Waals surface area (Å²) in [7, 11) is 0. The second-order valence-corrected chi connectivity index (χ2v) is 8.30. The lowest BCUT2D eigenvalue weighted by Gasteiger charge is -2.32. The van der Waals surface area contributed by atoms with E-state index in [0.717, 1.165) is 37.4 Å². The van der Waals surface area contributed by atoms with Crippen molar-refractivity contribution in [3.8, 4) is 0 Å². The molecule has 0 saturated heterocycles. The lowest BCUT2D eigenvalue weighted by atomic mass is 9.82. The molecule has 156 valence electrons. The third kappa shape index (κ3) is 6.94. The van der Waals surface area contributed by atoms with Crippen LogP contribution in [-0.4, -0.2) is 23.9 Å². The minimum absolute atomic E-state index is 0.0660. The number of carbonyl (C=O) groups is 1. The van der Waals surface area contributed by atoms with E-state index in [1.807, 2.05) is 24.3 Å². The normalized spacial score (nSPS) is 19.3. The monoisotopic (exact) mass is 397 g/mol. The van der Waals surface area contributed by atoms with Crippen molar-refractivity contribution in [1.82, 2.24) is 4.90 Å². The fourth-order valence-electron chi connectivity index (χ4n) is 4.20. The molecule has 0 aromatic heterocycles. The number of benzene rings is 2. The summed E-state index contributed by atoms with van der Waals surface area (Å²) in [5.74, 6) is 1.09. The van der Waals surface area contributed by atoms with Crippen molar-refractivity contribution >= 4 is 11.6 Å². The molecule has 0 heterocycles. The first-order chi connectivity index (χ1) is 14.0. The predicted molar refractivity (Wildman–Crippen MR) is 116 cm³/mol. The fourth-order valence-corrected chi connectivity index (χ4v) is 4.20. The molecule has 3 rings (SSSR count). The summed E-state index contributed by atoms with van der Waals surface area (Å²) < 4.78 is 13.3. The number of amides is 1. The third-order valence-corrected chi connectivity index (χ3v) is 5.82. The lowest BCUT2D eigenvalue weighted by molar-refractivity contribution is -0.114. The number of anilines is 1. The Labute approximate surface area is 173 Å². The van der Waals surface area contributed by atoms with Gasteiger partial charge in [-0.25, -0.2) is 4.39 Å². The van der Waals surface area contributed by atoms with Gasteiger partial charge in [0.15, 0.2) is 0 Å². The first-order valence-corrected chi connectivity index (χ1v) is 10.5. The zero-order chi connectivity index (χ0) is 20.6. The Bertz CT molecular complexity index is 768. The van der Waals surface area contributed by atoms with E-state index < -0.39 is 0 Å². The molecule has 0 unspecified atom stereocenters. The highest BCUT2D eigenvalue weighted by molar-refractivity contribution is 5.88. The molecule has 1 aliphatic carbocycles. The molecule has 2 aromatic rings. The van der Waals surface area contributed by atoms with Gasteiger partial charge in [0, 0.05) is 32.2 Å². The second kappa shape index (κ2) is 10.5. The molecule has 1 saturated carbocycles. The number of hydrogen-bond acceptors (Lipinski definition) is 3. The van der Waals surface area contributed by atoms with E-state index in [9.17, 15) is 9.18 Å². The first kappa shape index (κ1) is 21.5. The average molecular weight is 398 g/mol. The summed E-state index contributed by atoms with van der Waals surface area (Å²) >= 11 is 0. The van der Waals surface area contributed by atoms with Crippen LogP contribution in [0.2, 0.25) is 0 Å². The van der Waals surface area contributed by atoms with E-state index >= 15 is 0 Å². The van der Waals surface area contributed by atoms with Gasteiger partial charge >= 0.3 is 0 Å². The van der Waals surface area contributed by atoms with Crippen molar-refractivity contribution in [3.63, 3.8) is 0 Å². The number of nitrogens with one attached hydrogen (secondary N) is 1. The molecule has 4 nitrogen and oxygen atoms in total. The van der Waals surface area contributed by atoms with Gasteiger partial charge in [0.05, 0.1) is 0 Å². The highest BCUT2D eigenvalue weighted by Gasteiger charge is 2.22. The lowest BCUT2D eigenvalue weighted by Crippen LogP contribution is -2.32. The van der Waals surface area contributed by atoms with Crippen molar-refractivity contribution in [3.05, 3.63) is 65.5 Å². The van der Waals surface area contributed by atoms with Crippen LogP contribution in [0, 0.1) is 17.7 Å². The SMILES string of the molecule is CC(=O)Nc1ccc(CN(Cc2ccc(F)cc2)CC2CCC(CN)CC2)cc1. The fraction of sp³-hybridized carbons (Fsp3) is 0.458. The zero-order valence-electron chi connectivity index (χ0n) is 17.2. The smallest absolute Gasteiger partial charge is 0.221 e. The highest BCUT2D eigenvalue weighted by atomic mass is 19.1.